The molecule has 5 rings (SSSR count). The van der Waals surface area contributed by atoms with Crippen LogP contribution < -0.4 is 5.56 Å². The third kappa shape index (κ3) is 4.45. The largest absolute Gasteiger partial charge is 0.321 e. The summed E-state index contributed by atoms with van der Waals surface area (Å²) in [4.78, 5) is 16.1. The first-order chi connectivity index (χ1) is 17.3. The maximum absolute atomic E-state index is 14.2. The summed E-state index contributed by atoms with van der Waals surface area (Å²) in [6.07, 6.45) is 0.515. The third-order valence-electron chi connectivity index (χ3n) is 6.58. The minimum Gasteiger partial charge on any atom is -0.321 e. The number of aromatic amines is 1. The van der Waals surface area contributed by atoms with Crippen LogP contribution in [0.5, 0.6) is 0 Å². The molecule has 0 saturated heterocycles. The van der Waals surface area contributed by atoms with Crippen LogP contribution in [0.4, 0.5) is 0 Å². The molecule has 2 heterocycles. The van der Waals surface area contributed by atoms with E-state index in [-0.39, 0.29) is 23.5 Å². The van der Waals surface area contributed by atoms with Gasteiger partial charge in [0.15, 0.2) is 0 Å². The van der Waals surface area contributed by atoms with Crippen LogP contribution in [0.1, 0.15) is 27.8 Å². The van der Waals surface area contributed by atoms with Gasteiger partial charge in [0.25, 0.3) is 5.56 Å². The lowest BCUT2D eigenvalue weighted by atomic mass is 10.1. The van der Waals surface area contributed by atoms with E-state index in [1.807, 2.05) is 56.3 Å². The normalized spacial score (nSPS) is 12.1. The second kappa shape index (κ2) is 9.57. The number of hydrogen-bond acceptors (Lipinski definition) is 6. The molecule has 36 heavy (non-hydrogen) atoms. The van der Waals surface area contributed by atoms with E-state index < -0.39 is 10.0 Å². The van der Waals surface area contributed by atoms with E-state index in [0.717, 1.165) is 39.3 Å². The number of hydrogen-bond donors (Lipinski definition) is 1. The Bertz CT molecular complexity index is 1760. The van der Waals surface area contributed by atoms with Gasteiger partial charge in [-0.3, -0.25) is 4.79 Å². The smallest absolute Gasteiger partial charge is 0.252 e. The molecule has 0 amide bonds. The fraction of sp³-hybridized carbons (Fsp3) is 0.222. The number of sulfonamides is 1. The quantitative estimate of drug-likeness (QED) is 0.331. The summed E-state index contributed by atoms with van der Waals surface area (Å²) in [6.45, 7) is 5.86. The Morgan fingerprint density at radius 1 is 0.889 bits per heavy atom. The third-order valence-corrected chi connectivity index (χ3v) is 9.14. The maximum Gasteiger partial charge on any atom is 0.252 e. The number of nitrogens with zero attached hydrogens (tertiary/aromatic N) is 3. The highest BCUT2D eigenvalue weighted by atomic mass is 32.2. The number of aryl methyl sites for hydroxylation is 3. The van der Waals surface area contributed by atoms with Gasteiger partial charge in [-0.25, -0.2) is 8.42 Å². The average Bonchev–Trinajstić information content (AvgIpc) is 3.31. The molecule has 0 fully saturated rings. The number of fused-ring (bicyclic) bond motifs is 2. The highest BCUT2D eigenvalue weighted by molar-refractivity contribution is 7.89. The lowest BCUT2D eigenvalue weighted by Crippen LogP contribution is -2.35. The van der Waals surface area contributed by atoms with Crippen LogP contribution in [0, 0.1) is 20.8 Å². The monoisotopic (exact) mass is 518 g/mol. The fourth-order valence-electron chi connectivity index (χ4n) is 4.54. The molecule has 0 spiro atoms. The molecule has 0 saturated carbocycles. The predicted molar refractivity (Wildman–Crippen MR) is 144 cm³/mol. The molecule has 7 nitrogen and oxygen atoms in total. The number of pyridine rings is 1. The topological polar surface area (TPSA) is 96.0 Å². The summed E-state index contributed by atoms with van der Waals surface area (Å²) in [5.74, 6) is 0. The van der Waals surface area contributed by atoms with Crippen LogP contribution in [0.3, 0.4) is 0 Å². The van der Waals surface area contributed by atoms with Gasteiger partial charge in [0.05, 0.1) is 17.2 Å². The van der Waals surface area contributed by atoms with Crippen LogP contribution >= 0.6 is 11.7 Å². The summed E-state index contributed by atoms with van der Waals surface area (Å²) in [7, 11) is -4.00. The number of benzene rings is 3. The van der Waals surface area contributed by atoms with Crippen molar-refractivity contribution in [3.05, 3.63) is 98.8 Å². The van der Waals surface area contributed by atoms with Crippen molar-refractivity contribution >= 4 is 43.7 Å². The second-order valence-electron chi connectivity index (χ2n) is 9.02. The Morgan fingerprint density at radius 3 is 2.47 bits per heavy atom. The van der Waals surface area contributed by atoms with E-state index in [9.17, 15) is 13.2 Å². The molecular formula is C27H26N4O3S2. The van der Waals surface area contributed by atoms with Gasteiger partial charge in [-0.05, 0) is 67.0 Å². The van der Waals surface area contributed by atoms with Crippen molar-refractivity contribution < 1.29 is 8.42 Å². The Morgan fingerprint density at radius 2 is 1.67 bits per heavy atom. The molecule has 0 aliphatic carbocycles. The molecule has 0 radical (unpaired) electrons. The number of rotatable bonds is 7. The fourth-order valence-corrected chi connectivity index (χ4v) is 6.91. The number of H-pyrrole nitrogens is 1. The van der Waals surface area contributed by atoms with Gasteiger partial charge in [0, 0.05) is 18.7 Å². The van der Waals surface area contributed by atoms with Crippen molar-refractivity contribution in [2.24, 2.45) is 0 Å². The van der Waals surface area contributed by atoms with Crippen molar-refractivity contribution in [2.45, 2.75) is 38.6 Å². The predicted octanol–water partition coefficient (Wildman–Crippen LogP) is 4.89. The van der Waals surface area contributed by atoms with Crippen LogP contribution in [0.2, 0.25) is 0 Å². The molecule has 0 bridgehead atoms. The molecule has 1 N–H and O–H groups in total. The lowest BCUT2D eigenvalue weighted by Gasteiger charge is -2.24. The van der Waals surface area contributed by atoms with Crippen LogP contribution in [-0.4, -0.2) is 33.0 Å². The van der Waals surface area contributed by atoms with Gasteiger partial charge in [-0.15, -0.1) is 0 Å². The van der Waals surface area contributed by atoms with Crippen molar-refractivity contribution in [3.63, 3.8) is 0 Å². The van der Waals surface area contributed by atoms with Crippen molar-refractivity contribution in [1.82, 2.24) is 18.0 Å². The molecule has 0 aliphatic heterocycles. The number of nitrogens with one attached hydrogen (secondary N) is 1. The molecule has 9 heteroatoms. The first-order valence-corrected chi connectivity index (χ1v) is 13.8. The Hall–Kier alpha value is -3.40. The minimum atomic E-state index is -4.00. The highest BCUT2D eigenvalue weighted by Crippen LogP contribution is 2.29. The Kier molecular flexibility index (Phi) is 6.46. The zero-order valence-corrected chi connectivity index (χ0v) is 21.9. The SMILES string of the molecule is Cc1ccccc1CCN(Cc1cc2cccc(C)c2[nH]c1=O)S(=O)(=O)c1c(C)ccc2nsnc12. The van der Waals surface area contributed by atoms with Gasteiger partial charge in [-0.1, -0.05) is 48.5 Å². The van der Waals surface area contributed by atoms with Gasteiger partial charge < -0.3 is 4.98 Å². The Labute approximate surface area is 213 Å². The number of para-hydroxylation sites is 1. The maximum atomic E-state index is 14.2. The minimum absolute atomic E-state index is 0.0547. The molecule has 3 aromatic carbocycles. The van der Waals surface area contributed by atoms with Gasteiger partial charge in [0.2, 0.25) is 10.0 Å². The Balaban J connectivity index is 1.61. The van der Waals surface area contributed by atoms with E-state index >= 15 is 0 Å². The first kappa shape index (κ1) is 24.3. The van der Waals surface area contributed by atoms with Gasteiger partial charge in [0.1, 0.15) is 15.9 Å². The number of aromatic nitrogens is 3. The zero-order chi connectivity index (χ0) is 25.4. The molecular weight excluding hydrogens is 492 g/mol. The summed E-state index contributed by atoms with van der Waals surface area (Å²) in [5.41, 5.74) is 5.47. The summed E-state index contributed by atoms with van der Waals surface area (Å²) >= 11 is 0.987. The van der Waals surface area contributed by atoms with E-state index in [4.69, 9.17) is 0 Å². The van der Waals surface area contributed by atoms with Crippen molar-refractivity contribution in [3.8, 4) is 0 Å². The lowest BCUT2D eigenvalue weighted by molar-refractivity contribution is 0.408. The van der Waals surface area contributed by atoms with E-state index in [1.165, 1.54) is 4.31 Å². The van der Waals surface area contributed by atoms with Crippen LogP contribution in [-0.2, 0) is 23.0 Å². The van der Waals surface area contributed by atoms with Gasteiger partial charge in [-0.2, -0.15) is 13.1 Å². The molecule has 0 aliphatic rings. The first-order valence-electron chi connectivity index (χ1n) is 11.6. The van der Waals surface area contributed by atoms with E-state index in [0.29, 0.717) is 28.6 Å². The van der Waals surface area contributed by atoms with Crippen molar-refractivity contribution in [2.75, 3.05) is 6.54 Å². The summed E-state index contributed by atoms with van der Waals surface area (Å²) < 4.78 is 38.2. The molecule has 0 unspecified atom stereocenters. The molecule has 0 atom stereocenters. The molecule has 5 aromatic rings. The van der Waals surface area contributed by atoms with Gasteiger partial charge >= 0.3 is 0 Å². The average molecular weight is 519 g/mol. The zero-order valence-electron chi connectivity index (χ0n) is 20.3. The summed E-state index contributed by atoms with van der Waals surface area (Å²) in [6, 6.07) is 19.0. The molecule has 2 aromatic heterocycles. The van der Waals surface area contributed by atoms with Crippen LogP contribution in [0.25, 0.3) is 21.9 Å². The summed E-state index contributed by atoms with van der Waals surface area (Å²) in [5, 5.41) is 0.864. The van der Waals surface area contributed by atoms with Crippen molar-refractivity contribution in [1.29, 1.82) is 0 Å². The highest BCUT2D eigenvalue weighted by Gasteiger charge is 2.30. The van der Waals surface area contributed by atoms with Crippen LogP contribution in [0.15, 0.2) is 70.4 Å². The standard InChI is InChI=1S/C27H26N4O3S2/c1-17-7-4-5-9-20(17)13-14-31(16-22-15-21-10-6-8-18(2)24(21)28-27(22)32)36(33,34)26-19(3)11-12-23-25(26)30-35-29-23/h4-12,15H,13-14,16H2,1-3H3,(H,28,32). The molecule has 184 valence electrons. The van der Waals surface area contributed by atoms with E-state index in [2.05, 4.69) is 13.7 Å². The second-order valence-corrected chi connectivity index (χ2v) is 11.4. The van der Waals surface area contributed by atoms with E-state index in [1.54, 1.807) is 25.1 Å².